The second kappa shape index (κ2) is 11.8. The van der Waals surface area contributed by atoms with Gasteiger partial charge in [-0.1, -0.05) is 35.3 Å². The minimum Gasteiger partial charge on any atom is -0.378 e. The van der Waals surface area contributed by atoms with E-state index in [1.54, 1.807) is 18.2 Å². The maximum absolute atomic E-state index is 13.3. The molecule has 36 heavy (non-hydrogen) atoms. The third kappa shape index (κ3) is 6.60. The van der Waals surface area contributed by atoms with Crippen molar-refractivity contribution in [3.8, 4) is 0 Å². The molecule has 0 spiro atoms. The fraction of sp³-hybridized carbons (Fsp3) is 0.296. The number of amides is 2. The first-order valence-corrected chi connectivity index (χ1v) is 12.6. The Morgan fingerprint density at radius 1 is 0.944 bits per heavy atom. The van der Waals surface area contributed by atoms with Gasteiger partial charge in [-0.3, -0.25) is 4.90 Å². The van der Waals surface area contributed by atoms with Crippen molar-refractivity contribution in [2.75, 3.05) is 61.9 Å². The molecule has 9 heteroatoms. The average molecular weight is 530 g/mol. The van der Waals surface area contributed by atoms with Crippen molar-refractivity contribution in [2.24, 2.45) is 0 Å². The predicted molar refractivity (Wildman–Crippen MR) is 147 cm³/mol. The largest absolute Gasteiger partial charge is 0.378 e. The molecule has 6 nitrogen and oxygen atoms in total. The van der Waals surface area contributed by atoms with Crippen LogP contribution in [0.25, 0.3) is 0 Å². The third-order valence-corrected chi connectivity index (χ3v) is 7.11. The van der Waals surface area contributed by atoms with Gasteiger partial charge in [0.15, 0.2) is 0 Å². The summed E-state index contributed by atoms with van der Waals surface area (Å²) >= 11 is 12.0. The summed E-state index contributed by atoms with van der Waals surface area (Å²) in [6, 6.07) is 19.7. The number of rotatable bonds is 7. The lowest BCUT2D eigenvalue weighted by Gasteiger charge is -2.40. The van der Waals surface area contributed by atoms with Crippen LogP contribution in [0.5, 0.6) is 0 Å². The minimum absolute atomic E-state index is 0.00358. The first-order chi connectivity index (χ1) is 17.3. The molecule has 1 fully saturated rings. The van der Waals surface area contributed by atoms with Gasteiger partial charge < -0.3 is 20.4 Å². The summed E-state index contributed by atoms with van der Waals surface area (Å²) in [4.78, 5) is 19.4. The van der Waals surface area contributed by atoms with E-state index in [0.717, 1.165) is 43.1 Å². The van der Waals surface area contributed by atoms with Crippen LogP contribution in [0, 0.1) is 5.82 Å². The lowest BCUT2D eigenvalue weighted by molar-refractivity contribution is 0.182. The van der Waals surface area contributed by atoms with E-state index in [9.17, 15) is 9.18 Å². The zero-order valence-corrected chi connectivity index (χ0v) is 21.9. The summed E-state index contributed by atoms with van der Waals surface area (Å²) in [6.07, 6.45) is 0. The Morgan fingerprint density at radius 2 is 1.61 bits per heavy atom. The molecular weight excluding hydrogens is 500 g/mol. The second-order valence-corrected chi connectivity index (χ2v) is 9.78. The van der Waals surface area contributed by atoms with Crippen LogP contribution in [0.4, 0.5) is 26.2 Å². The number of carbonyl (C=O) groups is 1. The molecule has 1 atom stereocenters. The highest BCUT2D eigenvalue weighted by Crippen LogP contribution is 2.27. The normalized spacial score (nSPS) is 14.9. The fourth-order valence-corrected chi connectivity index (χ4v) is 4.63. The van der Waals surface area contributed by atoms with Crippen molar-refractivity contribution < 1.29 is 9.18 Å². The SMILES string of the molecule is CN(C)c1ccc(C(CNC(=O)Nc2ccc(Cl)c(Cl)c2)N2CCN(c3ccc(F)cc3)CC2)cc1. The number of halogens is 3. The van der Waals surface area contributed by atoms with Gasteiger partial charge in [-0.2, -0.15) is 0 Å². The molecule has 0 saturated carbocycles. The molecule has 1 heterocycles. The number of hydrogen-bond acceptors (Lipinski definition) is 4. The predicted octanol–water partition coefficient (Wildman–Crippen LogP) is 5.88. The molecule has 1 aliphatic rings. The van der Waals surface area contributed by atoms with Crippen molar-refractivity contribution in [2.45, 2.75) is 6.04 Å². The standard InChI is InChI=1S/C27H30Cl2FN5O/c1-33(2)22-8-3-19(4-9-22)26(18-31-27(36)32-21-7-12-24(28)25(29)17-21)35-15-13-34(14-16-35)23-10-5-20(30)6-11-23/h3-12,17,26H,13-16,18H2,1-2H3,(H2,31,32,36). The first-order valence-electron chi connectivity index (χ1n) is 11.8. The van der Waals surface area contributed by atoms with E-state index in [1.807, 2.05) is 26.2 Å². The summed E-state index contributed by atoms with van der Waals surface area (Å²) in [6.45, 7) is 3.69. The summed E-state index contributed by atoms with van der Waals surface area (Å²) in [5.41, 5.74) is 3.83. The van der Waals surface area contributed by atoms with Gasteiger partial charge in [-0.25, -0.2) is 9.18 Å². The van der Waals surface area contributed by atoms with Crippen molar-refractivity contribution in [3.63, 3.8) is 0 Å². The monoisotopic (exact) mass is 529 g/mol. The summed E-state index contributed by atoms with van der Waals surface area (Å²) in [5.74, 6) is -0.233. The third-order valence-electron chi connectivity index (χ3n) is 6.37. The molecule has 3 aromatic rings. The molecule has 1 saturated heterocycles. The van der Waals surface area contributed by atoms with Gasteiger partial charge in [-0.15, -0.1) is 0 Å². The lowest BCUT2D eigenvalue weighted by atomic mass is 10.0. The van der Waals surface area contributed by atoms with Crippen molar-refractivity contribution in [1.82, 2.24) is 10.2 Å². The molecule has 1 aliphatic heterocycles. The van der Waals surface area contributed by atoms with Crippen LogP contribution in [0.15, 0.2) is 66.7 Å². The number of anilines is 3. The Bertz CT molecular complexity index is 1170. The highest BCUT2D eigenvalue weighted by atomic mass is 35.5. The van der Waals surface area contributed by atoms with E-state index >= 15 is 0 Å². The number of nitrogens with zero attached hydrogens (tertiary/aromatic N) is 3. The van der Waals surface area contributed by atoms with E-state index < -0.39 is 0 Å². The Kier molecular flexibility index (Phi) is 8.56. The number of benzene rings is 3. The topological polar surface area (TPSA) is 50.9 Å². The molecule has 4 rings (SSSR count). The summed E-state index contributed by atoms with van der Waals surface area (Å²) in [7, 11) is 4.02. The van der Waals surface area contributed by atoms with Crippen molar-refractivity contribution >= 4 is 46.3 Å². The molecule has 3 aromatic carbocycles. The van der Waals surface area contributed by atoms with Crippen LogP contribution in [-0.4, -0.2) is 57.8 Å². The first kappa shape index (κ1) is 26.1. The van der Waals surface area contributed by atoms with Crippen LogP contribution in [0.1, 0.15) is 11.6 Å². The molecular formula is C27H30Cl2FN5O. The molecule has 1 unspecified atom stereocenters. The molecule has 0 bridgehead atoms. The number of carbonyl (C=O) groups excluding carboxylic acids is 1. The summed E-state index contributed by atoms with van der Waals surface area (Å²) < 4.78 is 13.3. The molecule has 0 radical (unpaired) electrons. The van der Waals surface area contributed by atoms with Gasteiger partial charge in [0.2, 0.25) is 0 Å². The maximum atomic E-state index is 13.3. The molecule has 2 N–H and O–H groups in total. The van der Waals surface area contributed by atoms with E-state index in [-0.39, 0.29) is 17.9 Å². The quantitative estimate of drug-likeness (QED) is 0.401. The van der Waals surface area contributed by atoms with Crippen LogP contribution < -0.4 is 20.4 Å². The van der Waals surface area contributed by atoms with Gasteiger partial charge in [0.05, 0.1) is 16.1 Å². The minimum atomic E-state index is -0.312. The Balaban J connectivity index is 1.44. The Hall–Kier alpha value is -3.00. The molecule has 0 aliphatic carbocycles. The van der Waals surface area contributed by atoms with Crippen molar-refractivity contribution in [3.05, 3.63) is 88.2 Å². The number of piperazine rings is 1. The zero-order valence-electron chi connectivity index (χ0n) is 20.3. The maximum Gasteiger partial charge on any atom is 0.319 e. The van der Waals surface area contributed by atoms with Gasteiger partial charge in [-0.05, 0) is 60.2 Å². The Labute approximate surface area is 221 Å². The highest BCUT2D eigenvalue weighted by molar-refractivity contribution is 6.42. The van der Waals surface area contributed by atoms with Gasteiger partial charge >= 0.3 is 6.03 Å². The van der Waals surface area contributed by atoms with Crippen LogP contribution in [-0.2, 0) is 0 Å². The Morgan fingerprint density at radius 3 is 2.22 bits per heavy atom. The van der Waals surface area contributed by atoms with E-state index in [2.05, 4.69) is 49.6 Å². The van der Waals surface area contributed by atoms with E-state index in [4.69, 9.17) is 23.2 Å². The van der Waals surface area contributed by atoms with Gasteiger partial charge in [0.1, 0.15) is 5.82 Å². The highest BCUT2D eigenvalue weighted by Gasteiger charge is 2.26. The van der Waals surface area contributed by atoms with Gasteiger partial charge in [0, 0.05) is 63.9 Å². The summed E-state index contributed by atoms with van der Waals surface area (Å²) in [5, 5.41) is 6.65. The zero-order chi connectivity index (χ0) is 25.7. The molecule has 0 aromatic heterocycles. The van der Waals surface area contributed by atoms with E-state index in [1.165, 1.54) is 12.1 Å². The average Bonchev–Trinajstić information content (AvgIpc) is 2.87. The van der Waals surface area contributed by atoms with Crippen LogP contribution in [0.3, 0.4) is 0 Å². The molecule has 2 amide bonds. The smallest absolute Gasteiger partial charge is 0.319 e. The fourth-order valence-electron chi connectivity index (χ4n) is 4.33. The van der Waals surface area contributed by atoms with Gasteiger partial charge in [0.25, 0.3) is 0 Å². The van der Waals surface area contributed by atoms with E-state index in [0.29, 0.717) is 22.3 Å². The van der Waals surface area contributed by atoms with Crippen molar-refractivity contribution in [1.29, 1.82) is 0 Å². The van der Waals surface area contributed by atoms with Crippen LogP contribution >= 0.6 is 23.2 Å². The number of nitrogens with one attached hydrogen (secondary N) is 2. The molecule has 190 valence electrons. The van der Waals surface area contributed by atoms with Crippen LogP contribution in [0.2, 0.25) is 10.0 Å². The number of urea groups is 1. The number of hydrogen-bond donors (Lipinski definition) is 2. The lowest BCUT2D eigenvalue weighted by Crippen LogP contribution is -2.50. The second-order valence-electron chi connectivity index (χ2n) is 8.97.